The van der Waals surface area contributed by atoms with E-state index in [1.165, 1.54) is 0 Å². The molecular formula is C26H26N8O. The number of aromatic nitrogens is 4. The van der Waals surface area contributed by atoms with E-state index in [2.05, 4.69) is 55.9 Å². The van der Waals surface area contributed by atoms with E-state index in [0.29, 0.717) is 19.2 Å². The van der Waals surface area contributed by atoms with E-state index in [0.717, 1.165) is 70.2 Å². The van der Waals surface area contributed by atoms with E-state index in [1.807, 2.05) is 43.0 Å². The van der Waals surface area contributed by atoms with E-state index in [9.17, 15) is 0 Å². The quantitative estimate of drug-likeness (QED) is 0.474. The Hall–Kier alpha value is -4.11. The molecule has 9 nitrogen and oxygen atoms in total. The lowest BCUT2D eigenvalue weighted by Crippen LogP contribution is -2.37. The number of anilines is 3. The van der Waals surface area contributed by atoms with Gasteiger partial charge in [0.05, 0.1) is 36.3 Å². The van der Waals surface area contributed by atoms with Crippen molar-refractivity contribution in [3.8, 4) is 11.3 Å². The van der Waals surface area contributed by atoms with Gasteiger partial charge in [-0.15, -0.1) is 0 Å². The maximum absolute atomic E-state index is 5.53. The minimum Gasteiger partial charge on any atom is -0.378 e. The summed E-state index contributed by atoms with van der Waals surface area (Å²) in [7, 11) is 1.95. The van der Waals surface area contributed by atoms with Crippen LogP contribution in [0, 0.1) is 0 Å². The van der Waals surface area contributed by atoms with Gasteiger partial charge in [-0.05, 0) is 30.7 Å². The van der Waals surface area contributed by atoms with Crippen LogP contribution in [0.15, 0.2) is 64.9 Å². The third-order valence-corrected chi connectivity index (χ3v) is 6.31. The topological polar surface area (TPSA) is 92.8 Å². The standard InChI is InChI=1S/C26H26N8O/c1-17-13-23(32-31-17)18-5-7-21(8-6-18)28-25-15-22(29-26(30-25)34-9-11-35-12-10-34)19-3-4-20-16-27-33(2)24(20)14-19/h3-8,14-16H,9-13H2,1-2H3,(H,28,29,30). The summed E-state index contributed by atoms with van der Waals surface area (Å²) in [6, 6.07) is 16.5. The van der Waals surface area contributed by atoms with Gasteiger partial charge < -0.3 is 15.0 Å². The van der Waals surface area contributed by atoms with Gasteiger partial charge in [0.2, 0.25) is 5.95 Å². The van der Waals surface area contributed by atoms with Crippen LogP contribution in [0.5, 0.6) is 0 Å². The largest absolute Gasteiger partial charge is 0.378 e. The van der Waals surface area contributed by atoms with Crippen molar-refractivity contribution in [1.29, 1.82) is 0 Å². The van der Waals surface area contributed by atoms with Crippen LogP contribution >= 0.6 is 0 Å². The van der Waals surface area contributed by atoms with Gasteiger partial charge in [-0.3, -0.25) is 4.68 Å². The summed E-state index contributed by atoms with van der Waals surface area (Å²) in [6.07, 6.45) is 2.67. The summed E-state index contributed by atoms with van der Waals surface area (Å²) in [6.45, 7) is 4.87. The fourth-order valence-electron chi connectivity index (χ4n) is 4.37. The Bertz CT molecular complexity index is 1450. The number of morpholine rings is 1. The summed E-state index contributed by atoms with van der Waals surface area (Å²) >= 11 is 0. The molecule has 1 fully saturated rings. The zero-order chi connectivity index (χ0) is 23.8. The Morgan fingerprint density at radius 2 is 1.71 bits per heavy atom. The molecule has 0 atom stereocenters. The molecule has 0 bridgehead atoms. The van der Waals surface area contributed by atoms with Crippen LogP contribution < -0.4 is 10.2 Å². The van der Waals surface area contributed by atoms with Crippen molar-refractivity contribution in [1.82, 2.24) is 19.7 Å². The second-order valence-electron chi connectivity index (χ2n) is 8.84. The summed E-state index contributed by atoms with van der Waals surface area (Å²) in [5, 5.41) is 17.4. The van der Waals surface area contributed by atoms with E-state index >= 15 is 0 Å². The molecule has 1 saturated heterocycles. The minimum atomic E-state index is 0.672. The molecule has 2 aromatic heterocycles. The molecule has 1 N–H and O–H groups in total. The van der Waals surface area contributed by atoms with Crippen LogP contribution in [0.3, 0.4) is 0 Å². The molecule has 4 aromatic rings. The van der Waals surface area contributed by atoms with Crippen LogP contribution in [-0.4, -0.2) is 57.5 Å². The minimum absolute atomic E-state index is 0.672. The van der Waals surface area contributed by atoms with Crippen LogP contribution in [0.2, 0.25) is 0 Å². The molecule has 0 unspecified atom stereocenters. The average Bonchev–Trinajstić information content (AvgIpc) is 3.50. The molecule has 0 radical (unpaired) electrons. The van der Waals surface area contributed by atoms with Gasteiger partial charge in [0.1, 0.15) is 5.82 Å². The molecule has 6 rings (SSSR count). The van der Waals surface area contributed by atoms with Crippen molar-refractivity contribution in [2.75, 3.05) is 36.5 Å². The van der Waals surface area contributed by atoms with Crippen LogP contribution in [0.4, 0.5) is 17.5 Å². The van der Waals surface area contributed by atoms with Crippen LogP contribution in [0.25, 0.3) is 22.2 Å². The highest BCUT2D eigenvalue weighted by Crippen LogP contribution is 2.28. The van der Waals surface area contributed by atoms with E-state index in [-0.39, 0.29) is 0 Å². The SMILES string of the molecule is CC1=NN=C(c2ccc(Nc3cc(-c4ccc5cnn(C)c5c4)nc(N4CCOCC4)n3)cc2)C1. The first-order chi connectivity index (χ1) is 17.1. The number of aryl methyl sites for hydroxylation is 1. The van der Waals surface area contributed by atoms with Gasteiger partial charge in [-0.25, -0.2) is 4.98 Å². The van der Waals surface area contributed by atoms with Crippen LogP contribution in [0.1, 0.15) is 18.9 Å². The normalized spacial score (nSPS) is 15.9. The average molecular weight is 467 g/mol. The first-order valence-electron chi connectivity index (χ1n) is 11.7. The first kappa shape index (κ1) is 21.4. The second kappa shape index (κ2) is 8.92. The first-order valence-corrected chi connectivity index (χ1v) is 11.7. The molecule has 9 heteroatoms. The van der Waals surface area contributed by atoms with Crippen molar-refractivity contribution >= 4 is 39.8 Å². The third kappa shape index (κ3) is 4.38. The number of hydrogen-bond acceptors (Lipinski definition) is 8. The van der Waals surface area contributed by atoms with Crippen molar-refractivity contribution in [3.63, 3.8) is 0 Å². The van der Waals surface area contributed by atoms with Gasteiger partial charge >= 0.3 is 0 Å². The number of fused-ring (bicyclic) bond motifs is 1. The molecule has 176 valence electrons. The van der Waals surface area contributed by atoms with Crippen molar-refractivity contribution in [2.24, 2.45) is 17.3 Å². The maximum atomic E-state index is 5.53. The van der Waals surface area contributed by atoms with Gasteiger partial charge in [-0.1, -0.05) is 24.3 Å². The molecule has 0 saturated carbocycles. The molecule has 35 heavy (non-hydrogen) atoms. The lowest BCUT2D eigenvalue weighted by molar-refractivity contribution is 0.122. The molecule has 2 aromatic carbocycles. The second-order valence-corrected chi connectivity index (χ2v) is 8.84. The smallest absolute Gasteiger partial charge is 0.228 e. The Balaban J connectivity index is 1.33. The van der Waals surface area contributed by atoms with Gasteiger partial charge in [0.15, 0.2) is 0 Å². The van der Waals surface area contributed by atoms with Crippen molar-refractivity contribution < 1.29 is 4.74 Å². The maximum Gasteiger partial charge on any atom is 0.228 e. The number of ether oxygens (including phenoxy) is 1. The highest BCUT2D eigenvalue weighted by atomic mass is 16.5. The lowest BCUT2D eigenvalue weighted by Gasteiger charge is -2.27. The van der Waals surface area contributed by atoms with Gasteiger partial charge in [-0.2, -0.15) is 20.3 Å². The lowest BCUT2D eigenvalue weighted by atomic mass is 10.1. The van der Waals surface area contributed by atoms with E-state index < -0.39 is 0 Å². The highest BCUT2D eigenvalue weighted by molar-refractivity contribution is 6.14. The summed E-state index contributed by atoms with van der Waals surface area (Å²) in [5.74, 6) is 1.44. The zero-order valence-electron chi connectivity index (χ0n) is 19.8. The Morgan fingerprint density at radius 1 is 0.914 bits per heavy atom. The fraction of sp³-hybridized carbons (Fsp3) is 0.269. The molecule has 0 aliphatic carbocycles. The number of hydrogen-bond donors (Lipinski definition) is 1. The summed E-state index contributed by atoms with van der Waals surface area (Å²) < 4.78 is 7.41. The Morgan fingerprint density at radius 3 is 2.49 bits per heavy atom. The van der Waals surface area contributed by atoms with Crippen LogP contribution in [-0.2, 0) is 11.8 Å². The van der Waals surface area contributed by atoms with Crippen molar-refractivity contribution in [3.05, 3.63) is 60.3 Å². The molecule has 4 heterocycles. The fourth-order valence-corrected chi connectivity index (χ4v) is 4.37. The Kier molecular flexibility index (Phi) is 5.46. The number of nitrogens with zero attached hydrogens (tertiary/aromatic N) is 7. The molecule has 2 aliphatic heterocycles. The molecule has 0 spiro atoms. The number of benzene rings is 2. The predicted octanol–water partition coefficient (Wildman–Crippen LogP) is 4.18. The molecular weight excluding hydrogens is 440 g/mol. The Labute approximate surface area is 203 Å². The number of rotatable bonds is 5. The van der Waals surface area contributed by atoms with E-state index in [1.54, 1.807) is 0 Å². The highest BCUT2D eigenvalue weighted by Gasteiger charge is 2.17. The van der Waals surface area contributed by atoms with Crippen molar-refractivity contribution in [2.45, 2.75) is 13.3 Å². The molecule has 0 amide bonds. The molecule has 2 aliphatic rings. The number of nitrogens with one attached hydrogen (secondary N) is 1. The van der Waals surface area contributed by atoms with Gasteiger partial charge in [0.25, 0.3) is 0 Å². The third-order valence-electron chi connectivity index (χ3n) is 6.31. The monoisotopic (exact) mass is 466 g/mol. The zero-order valence-corrected chi connectivity index (χ0v) is 19.8. The van der Waals surface area contributed by atoms with Gasteiger partial charge in [0, 0.05) is 55.0 Å². The van der Waals surface area contributed by atoms with E-state index in [4.69, 9.17) is 14.7 Å². The summed E-state index contributed by atoms with van der Waals surface area (Å²) in [4.78, 5) is 11.9. The predicted molar refractivity (Wildman–Crippen MR) is 139 cm³/mol. The summed E-state index contributed by atoms with van der Waals surface area (Å²) in [5.41, 5.74) is 7.01.